The summed E-state index contributed by atoms with van der Waals surface area (Å²) in [5.41, 5.74) is -2.38. The predicted molar refractivity (Wildman–Crippen MR) is 106 cm³/mol. The summed E-state index contributed by atoms with van der Waals surface area (Å²) in [6.45, 7) is 12.3. The summed E-state index contributed by atoms with van der Waals surface area (Å²) in [5, 5.41) is 41.1. The van der Waals surface area contributed by atoms with Crippen LogP contribution in [0, 0.1) is 29.1 Å². The van der Waals surface area contributed by atoms with Gasteiger partial charge in [0.25, 0.3) is 0 Å². The van der Waals surface area contributed by atoms with Gasteiger partial charge in [-0.15, -0.1) is 0 Å². The minimum Gasteiger partial charge on any atom is -0.459 e. The van der Waals surface area contributed by atoms with Gasteiger partial charge in [0.2, 0.25) is 0 Å². The van der Waals surface area contributed by atoms with Crippen molar-refractivity contribution < 1.29 is 24.9 Å². The summed E-state index contributed by atoms with van der Waals surface area (Å²) in [6.07, 6.45) is -0.123. The third kappa shape index (κ3) is 5.52. The van der Waals surface area contributed by atoms with E-state index in [2.05, 4.69) is 0 Å². The van der Waals surface area contributed by atoms with Gasteiger partial charge < -0.3 is 25.5 Å². The fraction of sp³-hybridized carbons (Fsp3) is 0.905. The van der Waals surface area contributed by atoms with Crippen molar-refractivity contribution in [2.45, 2.75) is 97.6 Å². The van der Waals surface area contributed by atoms with Gasteiger partial charge in [-0.05, 0) is 51.4 Å². The molecule has 0 aromatic heterocycles. The first-order valence-electron chi connectivity index (χ1n) is 10.2. The van der Waals surface area contributed by atoms with Crippen LogP contribution in [0.4, 0.5) is 0 Å². The first kappa shape index (κ1) is 24.1. The van der Waals surface area contributed by atoms with E-state index in [1.165, 1.54) is 6.92 Å². The summed E-state index contributed by atoms with van der Waals surface area (Å²) in [6, 6.07) is 0. The van der Waals surface area contributed by atoms with Gasteiger partial charge in [0, 0.05) is 11.6 Å². The Balaban J connectivity index is 3.25. The highest BCUT2D eigenvalue weighted by Gasteiger charge is 2.45. The number of hydrogen-bond donors (Lipinski definition) is 4. The Morgan fingerprint density at radius 3 is 2.19 bits per heavy atom. The number of rotatable bonds is 1. The molecule has 158 valence electrons. The second-order valence-electron chi connectivity index (χ2n) is 9.09. The number of aliphatic hydroxyl groups excluding tert-OH is 1. The minimum atomic E-state index is -1.67. The fourth-order valence-corrected chi connectivity index (χ4v) is 4.05. The molecule has 0 aromatic rings. The number of esters is 1. The second kappa shape index (κ2) is 9.01. The van der Waals surface area contributed by atoms with Crippen molar-refractivity contribution in [2.75, 3.05) is 0 Å². The fourth-order valence-electron chi connectivity index (χ4n) is 4.05. The molecule has 0 aromatic carbocycles. The van der Waals surface area contributed by atoms with E-state index < -0.39 is 35.3 Å². The van der Waals surface area contributed by atoms with E-state index in [1.807, 2.05) is 13.8 Å². The lowest BCUT2D eigenvalue weighted by atomic mass is 9.74. The third-order valence-electron chi connectivity index (χ3n) is 6.59. The maximum Gasteiger partial charge on any atom is 0.309 e. The standard InChI is InChI=1S/C21H39NO5/c1-8-16-21(7,26)18(23)15(5)17(22)13(3)11-20(6,25)14(4)10-9-12(2)19(24)27-16/h12-16,18,22-23,25-26H,8-11H2,1-7H3/t12-,13-,14-,15+,16-,18-,20-,21-/m1/s1. The maximum absolute atomic E-state index is 12.5. The third-order valence-corrected chi connectivity index (χ3v) is 6.59. The second-order valence-corrected chi connectivity index (χ2v) is 9.09. The van der Waals surface area contributed by atoms with Gasteiger partial charge in [0.05, 0.1) is 17.6 Å². The Morgan fingerprint density at radius 2 is 1.67 bits per heavy atom. The molecular formula is C21H39NO5. The molecule has 1 fully saturated rings. The van der Waals surface area contributed by atoms with Crippen LogP contribution < -0.4 is 0 Å². The molecule has 0 unspecified atom stereocenters. The zero-order valence-electron chi connectivity index (χ0n) is 18.0. The molecule has 6 nitrogen and oxygen atoms in total. The van der Waals surface area contributed by atoms with Crippen LogP contribution in [-0.4, -0.2) is 50.4 Å². The lowest BCUT2D eigenvalue weighted by molar-refractivity contribution is -0.186. The van der Waals surface area contributed by atoms with Gasteiger partial charge in [0.1, 0.15) is 11.7 Å². The van der Waals surface area contributed by atoms with Crippen molar-refractivity contribution >= 4 is 11.7 Å². The molecule has 27 heavy (non-hydrogen) atoms. The molecular weight excluding hydrogens is 346 g/mol. The van der Waals surface area contributed by atoms with Crippen molar-refractivity contribution in [3.63, 3.8) is 0 Å². The van der Waals surface area contributed by atoms with Gasteiger partial charge in [-0.3, -0.25) is 4.79 Å². The van der Waals surface area contributed by atoms with Crippen molar-refractivity contribution in [3.8, 4) is 0 Å². The van der Waals surface area contributed by atoms with E-state index in [0.29, 0.717) is 25.7 Å². The van der Waals surface area contributed by atoms with Crippen LogP contribution in [0.15, 0.2) is 0 Å². The van der Waals surface area contributed by atoms with Gasteiger partial charge in [-0.25, -0.2) is 0 Å². The van der Waals surface area contributed by atoms with Crippen LogP contribution in [-0.2, 0) is 9.53 Å². The molecule has 0 bridgehead atoms. The summed E-state index contributed by atoms with van der Waals surface area (Å²) in [5.74, 6) is -1.69. The van der Waals surface area contributed by atoms with Crippen LogP contribution >= 0.6 is 0 Å². The molecule has 0 saturated carbocycles. The molecule has 4 N–H and O–H groups in total. The summed E-state index contributed by atoms with van der Waals surface area (Å²) >= 11 is 0. The van der Waals surface area contributed by atoms with Crippen molar-refractivity contribution in [3.05, 3.63) is 0 Å². The summed E-state index contributed by atoms with van der Waals surface area (Å²) < 4.78 is 5.56. The molecule has 1 aliphatic heterocycles. The van der Waals surface area contributed by atoms with Crippen LogP contribution in [0.2, 0.25) is 0 Å². The van der Waals surface area contributed by atoms with Gasteiger partial charge >= 0.3 is 5.97 Å². The lowest BCUT2D eigenvalue weighted by Gasteiger charge is -2.41. The van der Waals surface area contributed by atoms with E-state index in [4.69, 9.17) is 10.1 Å². The first-order chi connectivity index (χ1) is 12.3. The molecule has 6 heteroatoms. The van der Waals surface area contributed by atoms with Crippen LogP contribution in [0.1, 0.15) is 74.1 Å². The Kier molecular flexibility index (Phi) is 8.03. The SMILES string of the molecule is CC[C@H]1OC(=O)[C@H](C)CC[C@@H](C)[C@](C)(O)C[C@@H](C)C(=N)[C@H](C)[C@@H](O)[C@]1(C)O. The van der Waals surface area contributed by atoms with E-state index in [1.54, 1.807) is 27.7 Å². The zero-order valence-corrected chi connectivity index (χ0v) is 18.0. The van der Waals surface area contributed by atoms with E-state index in [9.17, 15) is 20.1 Å². The average Bonchev–Trinajstić information content (AvgIpc) is 2.59. The van der Waals surface area contributed by atoms with E-state index in [0.717, 1.165) is 0 Å². The first-order valence-corrected chi connectivity index (χ1v) is 10.2. The molecule has 1 rings (SSSR count). The van der Waals surface area contributed by atoms with Crippen molar-refractivity contribution in [2.24, 2.45) is 23.7 Å². The number of nitrogens with one attached hydrogen (secondary N) is 1. The molecule has 1 aliphatic rings. The average molecular weight is 386 g/mol. The van der Waals surface area contributed by atoms with Crippen molar-refractivity contribution in [1.29, 1.82) is 5.41 Å². The number of carbonyl (C=O) groups is 1. The van der Waals surface area contributed by atoms with Crippen LogP contribution in [0.3, 0.4) is 0 Å². The number of hydrogen-bond acceptors (Lipinski definition) is 6. The number of cyclic esters (lactones) is 1. The molecule has 0 aliphatic carbocycles. The zero-order chi connectivity index (χ0) is 21.2. The summed E-state index contributed by atoms with van der Waals surface area (Å²) in [7, 11) is 0. The predicted octanol–water partition coefficient (Wildman–Crippen LogP) is 2.92. The highest BCUT2D eigenvalue weighted by atomic mass is 16.6. The van der Waals surface area contributed by atoms with E-state index >= 15 is 0 Å². The molecule has 8 atom stereocenters. The van der Waals surface area contributed by atoms with Crippen LogP contribution in [0.25, 0.3) is 0 Å². The largest absolute Gasteiger partial charge is 0.459 e. The van der Waals surface area contributed by atoms with Crippen LogP contribution in [0.5, 0.6) is 0 Å². The molecule has 1 heterocycles. The molecule has 1 saturated heterocycles. The highest BCUT2D eigenvalue weighted by Crippen LogP contribution is 2.34. The number of carbonyl (C=O) groups excluding carboxylic acids is 1. The van der Waals surface area contributed by atoms with Gasteiger partial charge in [-0.2, -0.15) is 0 Å². The lowest BCUT2D eigenvalue weighted by Crippen LogP contribution is -2.55. The quantitative estimate of drug-likeness (QED) is 0.519. The Bertz CT molecular complexity index is 531. The minimum absolute atomic E-state index is 0.0451. The smallest absolute Gasteiger partial charge is 0.309 e. The summed E-state index contributed by atoms with van der Waals surface area (Å²) in [4.78, 5) is 12.5. The topological polar surface area (TPSA) is 111 Å². The molecule has 0 amide bonds. The number of ether oxygens (including phenoxy) is 1. The highest BCUT2D eigenvalue weighted by molar-refractivity contribution is 5.86. The maximum atomic E-state index is 12.5. The number of aliphatic hydroxyl groups is 3. The Morgan fingerprint density at radius 1 is 1.11 bits per heavy atom. The van der Waals surface area contributed by atoms with E-state index in [-0.39, 0.29) is 23.5 Å². The molecule has 0 spiro atoms. The monoisotopic (exact) mass is 385 g/mol. The Labute approximate surface area is 163 Å². The molecule has 0 radical (unpaired) electrons. The normalized spacial score (nSPS) is 45.9. The Hall–Kier alpha value is -0.980. The van der Waals surface area contributed by atoms with Gasteiger partial charge in [-0.1, -0.05) is 34.6 Å². The van der Waals surface area contributed by atoms with Crippen molar-refractivity contribution in [1.82, 2.24) is 0 Å². The van der Waals surface area contributed by atoms with Gasteiger partial charge in [0.15, 0.2) is 0 Å².